The van der Waals surface area contributed by atoms with Crippen LogP contribution in [0.4, 0.5) is 11.4 Å². The zero-order valence-electron chi connectivity index (χ0n) is 18.2. The molecule has 6 rings (SSSR count). The number of thioether (sulfide) groups is 1. The standard InChI is InChI=1S/C26H22ClN3O2S/c1-15-7-9-16(10-8-15)19-14-30(2)25(18-13-17(27)11-12-20(18)28-23(25)31)26(19)24(32)29-21-5-3-4-6-22(21)33-26/h3-13,19H,14H2,1-2H3,(H,28,31)(H,29,32)/t19-,25+,26-/m1/s1. The van der Waals surface area contributed by atoms with Gasteiger partial charge in [-0.3, -0.25) is 14.5 Å². The molecule has 7 heteroatoms. The van der Waals surface area contributed by atoms with E-state index in [2.05, 4.69) is 34.9 Å². The van der Waals surface area contributed by atoms with Gasteiger partial charge in [0.1, 0.15) is 4.75 Å². The summed E-state index contributed by atoms with van der Waals surface area (Å²) in [4.78, 5) is 31.1. The molecule has 3 aliphatic rings. The summed E-state index contributed by atoms with van der Waals surface area (Å²) >= 11 is 7.93. The van der Waals surface area contributed by atoms with Crippen LogP contribution in [0.2, 0.25) is 5.02 Å². The number of aryl methyl sites for hydroxylation is 1. The lowest BCUT2D eigenvalue weighted by Crippen LogP contribution is -2.64. The zero-order chi connectivity index (χ0) is 23.0. The molecule has 3 aliphatic heterocycles. The maximum absolute atomic E-state index is 14.2. The Kier molecular flexibility index (Phi) is 4.47. The van der Waals surface area contributed by atoms with Crippen LogP contribution in [0.5, 0.6) is 0 Å². The molecule has 0 radical (unpaired) electrons. The molecular weight excluding hydrogens is 454 g/mol. The van der Waals surface area contributed by atoms with E-state index >= 15 is 0 Å². The second-order valence-corrected chi connectivity index (χ2v) is 10.7. The number of hydrogen-bond donors (Lipinski definition) is 2. The molecule has 0 bridgehead atoms. The molecule has 0 aliphatic carbocycles. The van der Waals surface area contributed by atoms with Gasteiger partial charge in [-0.25, -0.2) is 0 Å². The van der Waals surface area contributed by atoms with E-state index in [4.69, 9.17) is 11.6 Å². The molecule has 1 fully saturated rings. The third kappa shape index (κ3) is 2.60. The molecule has 0 unspecified atom stereocenters. The number of hydrogen-bond acceptors (Lipinski definition) is 4. The maximum atomic E-state index is 14.2. The van der Waals surface area contributed by atoms with Gasteiger partial charge in [-0.15, -0.1) is 11.8 Å². The first-order valence-electron chi connectivity index (χ1n) is 10.9. The summed E-state index contributed by atoms with van der Waals surface area (Å²) in [5, 5.41) is 6.73. The first-order valence-corrected chi connectivity index (χ1v) is 12.1. The van der Waals surface area contributed by atoms with Gasteiger partial charge in [0.05, 0.1) is 5.69 Å². The predicted octanol–water partition coefficient (Wildman–Crippen LogP) is 5.01. The Bertz CT molecular complexity index is 1330. The Morgan fingerprint density at radius 1 is 0.970 bits per heavy atom. The highest BCUT2D eigenvalue weighted by Crippen LogP contribution is 2.66. The topological polar surface area (TPSA) is 61.4 Å². The fourth-order valence-electron chi connectivity index (χ4n) is 5.78. The molecule has 166 valence electrons. The van der Waals surface area contributed by atoms with Gasteiger partial charge in [0.2, 0.25) is 5.91 Å². The van der Waals surface area contributed by atoms with E-state index in [0.717, 1.165) is 27.3 Å². The minimum atomic E-state index is -1.22. The first-order chi connectivity index (χ1) is 15.9. The summed E-state index contributed by atoms with van der Waals surface area (Å²) in [5.41, 5.74) is 3.19. The van der Waals surface area contributed by atoms with Crippen molar-refractivity contribution >= 4 is 46.6 Å². The summed E-state index contributed by atoms with van der Waals surface area (Å²) in [7, 11) is 1.93. The Morgan fingerprint density at radius 2 is 1.70 bits per heavy atom. The van der Waals surface area contributed by atoms with E-state index in [9.17, 15) is 9.59 Å². The third-order valence-corrected chi connectivity index (χ3v) is 9.13. The fraction of sp³-hybridized carbons (Fsp3) is 0.231. The average molecular weight is 476 g/mol. The summed E-state index contributed by atoms with van der Waals surface area (Å²) < 4.78 is -1.13. The van der Waals surface area contributed by atoms with E-state index in [1.54, 1.807) is 6.07 Å². The molecule has 1 saturated heterocycles. The largest absolute Gasteiger partial charge is 0.324 e. The van der Waals surface area contributed by atoms with Crippen molar-refractivity contribution in [2.75, 3.05) is 24.2 Å². The molecule has 3 aromatic carbocycles. The van der Waals surface area contributed by atoms with Crippen molar-refractivity contribution in [3.8, 4) is 0 Å². The number of nitrogens with zero attached hydrogens (tertiary/aromatic N) is 1. The van der Waals surface area contributed by atoms with Crippen molar-refractivity contribution in [1.29, 1.82) is 0 Å². The lowest BCUT2D eigenvalue weighted by molar-refractivity contribution is -0.132. The molecule has 0 saturated carbocycles. The molecule has 5 nitrogen and oxygen atoms in total. The van der Waals surface area contributed by atoms with Crippen LogP contribution in [-0.4, -0.2) is 35.1 Å². The molecule has 2 amide bonds. The van der Waals surface area contributed by atoms with E-state index < -0.39 is 10.3 Å². The summed E-state index contributed by atoms with van der Waals surface area (Å²) in [6.45, 7) is 2.59. The predicted molar refractivity (Wildman–Crippen MR) is 132 cm³/mol. The minimum Gasteiger partial charge on any atom is -0.324 e. The number of carbonyl (C=O) groups is 2. The number of para-hydroxylation sites is 1. The van der Waals surface area contributed by atoms with Gasteiger partial charge in [-0.2, -0.15) is 0 Å². The zero-order valence-corrected chi connectivity index (χ0v) is 19.8. The Balaban J connectivity index is 1.67. The molecule has 3 aromatic rings. The van der Waals surface area contributed by atoms with Crippen molar-refractivity contribution in [1.82, 2.24) is 4.90 Å². The van der Waals surface area contributed by atoms with Gasteiger partial charge in [0, 0.05) is 33.6 Å². The quantitative estimate of drug-likeness (QED) is 0.519. The second-order valence-electron chi connectivity index (χ2n) is 8.99. The number of fused-ring (bicyclic) bond motifs is 4. The van der Waals surface area contributed by atoms with Crippen LogP contribution in [0.15, 0.2) is 71.6 Å². The van der Waals surface area contributed by atoms with Gasteiger partial charge >= 0.3 is 0 Å². The molecule has 0 aromatic heterocycles. The van der Waals surface area contributed by atoms with Gasteiger partial charge in [0.25, 0.3) is 5.91 Å². The molecule has 33 heavy (non-hydrogen) atoms. The van der Waals surface area contributed by atoms with Crippen LogP contribution >= 0.6 is 23.4 Å². The van der Waals surface area contributed by atoms with Crippen molar-refractivity contribution < 1.29 is 9.59 Å². The van der Waals surface area contributed by atoms with Gasteiger partial charge in [-0.1, -0.05) is 53.6 Å². The van der Waals surface area contributed by atoms with Crippen LogP contribution in [0.3, 0.4) is 0 Å². The number of rotatable bonds is 1. The van der Waals surface area contributed by atoms with Crippen LogP contribution in [0.1, 0.15) is 22.6 Å². The van der Waals surface area contributed by atoms with E-state index in [0.29, 0.717) is 17.3 Å². The molecule has 2 N–H and O–H groups in total. The van der Waals surface area contributed by atoms with Crippen molar-refractivity contribution in [3.63, 3.8) is 0 Å². The van der Waals surface area contributed by atoms with Crippen LogP contribution in [0, 0.1) is 6.92 Å². The molecule has 2 spiro atoms. The van der Waals surface area contributed by atoms with Crippen molar-refractivity contribution in [2.45, 2.75) is 28.0 Å². The van der Waals surface area contributed by atoms with Gasteiger partial charge in [-0.05, 0) is 49.9 Å². The van der Waals surface area contributed by atoms with Crippen molar-refractivity contribution in [3.05, 3.63) is 88.4 Å². The SMILES string of the molecule is Cc1ccc([C@H]2CN(C)[C@@]3(C(=O)Nc4ccc(Cl)cc43)[C@@]23Sc2ccccc2NC3=O)cc1. The van der Waals surface area contributed by atoms with Crippen molar-refractivity contribution in [2.24, 2.45) is 0 Å². The number of carbonyl (C=O) groups excluding carboxylic acids is 2. The minimum absolute atomic E-state index is 0.163. The second kappa shape index (κ2) is 7.10. The lowest BCUT2D eigenvalue weighted by atomic mass is 9.72. The third-order valence-electron chi connectivity index (χ3n) is 7.23. The monoisotopic (exact) mass is 475 g/mol. The Morgan fingerprint density at radius 3 is 2.48 bits per heavy atom. The summed E-state index contributed by atoms with van der Waals surface area (Å²) in [5.74, 6) is -0.583. The fourth-order valence-corrected chi connectivity index (χ4v) is 7.68. The Hall–Kier alpha value is -2.80. The molecule has 3 heterocycles. The number of likely N-dealkylation sites (N-methyl/N-ethyl adjacent to an activating group) is 1. The summed E-state index contributed by atoms with van der Waals surface area (Å²) in [6.07, 6.45) is 0. The molecule has 3 atom stereocenters. The van der Waals surface area contributed by atoms with E-state index in [1.807, 2.05) is 55.3 Å². The van der Waals surface area contributed by atoms with Gasteiger partial charge in [0.15, 0.2) is 5.54 Å². The highest BCUT2D eigenvalue weighted by Gasteiger charge is 2.75. The number of likely N-dealkylation sites (tertiary alicyclic amines) is 1. The van der Waals surface area contributed by atoms with Crippen LogP contribution < -0.4 is 10.6 Å². The number of nitrogens with one attached hydrogen (secondary N) is 2. The number of halogens is 1. The highest BCUT2D eigenvalue weighted by atomic mass is 35.5. The maximum Gasteiger partial charge on any atom is 0.251 e. The Labute approximate surface area is 201 Å². The highest BCUT2D eigenvalue weighted by molar-refractivity contribution is 8.02. The first kappa shape index (κ1) is 20.8. The average Bonchev–Trinajstić information content (AvgIpc) is 3.23. The van der Waals surface area contributed by atoms with Crippen LogP contribution in [0.25, 0.3) is 0 Å². The van der Waals surface area contributed by atoms with E-state index in [1.165, 1.54) is 11.8 Å². The number of benzene rings is 3. The normalized spacial score (nSPS) is 28.0. The summed E-state index contributed by atoms with van der Waals surface area (Å²) in [6, 6.07) is 21.5. The van der Waals surface area contributed by atoms with E-state index in [-0.39, 0.29) is 17.7 Å². The smallest absolute Gasteiger partial charge is 0.251 e. The lowest BCUT2D eigenvalue weighted by Gasteiger charge is -2.47. The number of amides is 2. The number of anilines is 2. The van der Waals surface area contributed by atoms with Gasteiger partial charge < -0.3 is 10.6 Å². The van der Waals surface area contributed by atoms with Crippen LogP contribution in [-0.2, 0) is 15.1 Å². The molecular formula is C26H22ClN3O2S.